The summed E-state index contributed by atoms with van der Waals surface area (Å²) < 4.78 is 0. The zero-order valence-electron chi connectivity index (χ0n) is 12.3. The number of nitrogens with one attached hydrogen (secondary N) is 2. The van der Waals surface area contributed by atoms with Gasteiger partial charge in [0, 0.05) is 19.5 Å². The van der Waals surface area contributed by atoms with Crippen molar-refractivity contribution < 1.29 is 4.79 Å². The van der Waals surface area contributed by atoms with E-state index in [1.807, 2.05) is 18.2 Å². The lowest BCUT2D eigenvalue weighted by atomic mass is 10.2. The van der Waals surface area contributed by atoms with E-state index in [-0.39, 0.29) is 5.91 Å². The minimum atomic E-state index is -0.0369. The molecule has 0 spiro atoms. The van der Waals surface area contributed by atoms with Crippen molar-refractivity contribution in [1.29, 1.82) is 0 Å². The number of amides is 1. The van der Waals surface area contributed by atoms with Gasteiger partial charge in [-0.05, 0) is 18.5 Å². The molecule has 0 saturated carbocycles. The van der Waals surface area contributed by atoms with Crippen molar-refractivity contribution in [2.75, 3.05) is 19.6 Å². The van der Waals surface area contributed by atoms with Gasteiger partial charge in [0.05, 0.1) is 11.2 Å². The molecule has 112 valence electrons. The number of carbonyl (C=O) groups is 1. The average molecular weight is 303 g/mol. The van der Waals surface area contributed by atoms with Crippen molar-refractivity contribution in [3.63, 3.8) is 0 Å². The van der Waals surface area contributed by atoms with E-state index in [1.165, 1.54) is 16.9 Å². The van der Waals surface area contributed by atoms with Gasteiger partial charge in [-0.1, -0.05) is 37.3 Å². The van der Waals surface area contributed by atoms with Crippen molar-refractivity contribution >= 4 is 17.2 Å². The fourth-order valence-corrected chi connectivity index (χ4v) is 2.79. The van der Waals surface area contributed by atoms with Gasteiger partial charge >= 0.3 is 0 Å². The van der Waals surface area contributed by atoms with E-state index < -0.39 is 0 Å². The summed E-state index contributed by atoms with van der Waals surface area (Å²) in [5.41, 5.74) is 1.21. The number of hydrogen-bond acceptors (Lipinski definition) is 4. The number of nitrogens with zero attached hydrogens (tertiary/aromatic N) is 1. The zero-order valence-corrected chi connectivity index (χ0v) is 13.1. The lowest BCUT2D eigenvalue weighted by molar-refractivity contribution is 0.0958. The summed E-state index contributed by atoms with van der Waals surface area (Å²) in [5.74, 6) is -0.0369. The quantitative estimate of drug-likeness (QED) is 0.737. The number of aromatic nitrogens is 1. The molecule has 1 amide bonds. The minimum absolute atomic E-state index is 0.0369. The second kappa shape index (κ2) is 8.54. The van der Waals surface area contributed by atoms with E-state index in [4.69, 9.17) is 0 Å². The predicted octanol–water partition coefficient (Wildman–Crippen LogP) is 2.46. The molecule has 4 nitrogen and oxygen atoms in total. The molecule has 0 unspecified atom stereocenters. The van der Waals surface area contributed by atoms with Gasteiger partial charge in [0.25, 0.3) is 5.91 Å². The van der Waals surface area contributed by atoms with Crippen LogP contribution >= 0.6 is 11.3 Å². The third-order valence-corrected chi connectivity index (χ3v) is 3.99. The molecule has 0 aliphatic heterocycles. The van der Waals surface area contributed by atoms with E-state index in [9.17, 15) is 4.79 Å². The molecule has 0 radical (unpaired) electrons. The lowest BCUT2D eigenvalue weighted by Crippen LogP contribution is -2.31. The third kappa shape index (κ3) is 5.28. The maximum absolute atomic E-state index is 12.0. The fraction of sp³-hybridized carbons (Fsp3) is 0.375. The second-order valence-electron chi connectivity index (χ2n) is 4.79. The van der Waals surface area contributed by atoms with Crippen LogP contribution in [0.3, 0.4) is 0 Å². The van der Waals surface area contributed by atoms with Crippen molar-refractivity contribution in [3.8, 4) is 0 Å². The van der Waals surface area contributed by atoms with Crippen LogP contribution in [0.15, 0.2) is 36.5 Å². The van der Waals surface area contributed by atoms with Crippen molar-refractivity contribution in [2.45, 2.75) is 19.8 Å². The normalized spacial score (nSPS) is 10.5. The highest BCUT2D eigenvalue weighted by Crippen LogP contribution is 2.16. The summed E-state index contributed by atoms with van der Waals surface area (Å²) >= 11 is 1.46. The van der Waals surface area contributed by atoms with Crippen LogP contribution < -0.4 is 10.6 Å². The maximum atomic E-state index is 12.0. The molecule has 2 rings (SSSR count). The van der Waals surface area contributed by atoms with Crippen LogP contribution in [0.2, 0.25) is 0 Å². The number of benzene rings is 1. The van der Waals surface area contributed by atoms with Crippen LogP contribution in [0, 0.1) is 0 Å². The predicted molar refractivity (Wildman–Crippen MR) is 86.9 cm³/mol. The second-order valence-corrected chi connectivity index (χ2v) is 5.90. The highest BCUT2D eigenvalue weighted by molar-refractivity contribution is 7.13. The van der Waals surface area contributed by atoms with E-state index in [1.54, 1.807) is 6.20 Å². The van der Waals surface area contributed by atoms with Crippen LogP contribution in [-0.4, -0.2) is 30.5 Å². The van der Waals surface area contributed by atoms with Gasteiger partial charge < -0.3 is 10.6 Å². The lowest BCUT2D eigenvalue weighted by Gasteiger charge is -2.04. The van der Waals surface area contributed by atoms with E-state index in [2.05, 4.69) is 34.7 Å². The Kier molecular flexibility index (Phi) is 6.37. The molecule has 0 saturated heterocycles. The summed E-state index contributed by atoms with van der Waals surface area (Å²) in [5, 5.41) is 7.12. The molecule has 0 atom stereocenters. The molecule has 5 heteroatoms. The Bertz CT molecular complexity index is 554. The highest BCUT2D eigenvalue weighted by Gasteiger charge is 2.10. The van der Waals surface area contributed by atoms with Crippen LogP contribution in [0.1, 0.15) is 33.6 Å². The first kappa shape index (κ1) is 15.7. The van der Waals surface area contributed by atoms with Crippen molar-refractivity contribution in [1.82, 2.24) is 15.6 Å². The first-order valence-corrected chi connectivity index (χ1v) is 8.08. The van der Waals surface area contributed by atoms with Crippen LogP contribution in [0.25, 0.3) is 0 Å². The standard InChI is InChI=1S/C16H21N3OS/c1-2-8-17-9-10-18-16(20)14-12-19-15(21-14)11-13-6-4-3-5-7-13/h3-7,12,17H,2,8-11H2,1H3,(H,18,20). The zero-order chi connectivity index (χ0) is 14.9. The molecule has 1 aromatic carbocycles. The number of rotatable bonds is 8. The van der Waals surface area contributed by atoms with Crippen molar-refractivity contribution in [2.24, 2.45) is 0 Å². The van der Waals surface area contributed by atoms with Crippen molar-refractivity contribution in [3.05, 3.63) is 52.0 Å². The largest absolute Gasteiger partial charge is 0.350 e. The van der Waals surface area contributed by atoms with Gasteiger partial charge in [0.1, 0.15) is 4.88 Å². The van der Waals surface area contributed by atoms with Gasteiger partial charge in [0.15, 0.2) is 0 Å². The first-order valence-electron chi connectivity index (χ1n) is 7.27. The third-order valence-electron chi connectivity index (χ3n) is 2.99. The molecule has 0 bridgehead atoms. The van der Waals surface area contributed by atoms with E-state index in [0.717, 1.165) is 30.9 Å². The van der Waals surface area contributed by atoms with Gasteiger partial charge in [-0.2, -0.15) is 0 Å². The Morgan fingerprint density at radius 2 is 2.00 bits per heavy atom. The first-order chi connectivity index (χ1) is 10.3. The Balaban J connectivity index is 1.80. The number of hydrogen-bond donors (Lipinski definition) is 2. The SMILES string of the molecule is CCCNCCNC(=O)c1cnc(Cc2ccccc2)s1. The number of carbonyl (C=O) groups excluding carboxylic acids is 1. The Labute approximate surface area is 129 Å². The van der Waals surface area contributed by atoms with Crippen LogP contribution in [0.5, 0.6) is 0 Å². The molecule has 2 N–H and O–H groups in total. The molecule has 0 fully saturated rings. The minimum Gasteiger partial charge on any atom is -0.350 e. The maximum Gasteiger partial charge on any atom is 0.263 e. The Hall–Kier alpha value is -1.72. The Morgan fingerprint density at radius 3 is 2.76 bits per heavy atom. The average Bonchev–Trinajstić information content (AvgIpc) is 2.96. The van der Waals surface area contributed by atoms with Crippen LogP contribution in [0.4, 0.5) is 0 Å². The van der Waals surface area contributed by atoms with E-state index in [0.29, 0.717) is 11.4 Å². The van der Waals surface area contributed by atoms with Gasteiger partial charge in [0.2, 0.25) is 0 Å². The van der Waals surface area contributed by atoms with Crippen LogP contribution in [-0.2, 0) is 6.42 Å². The molecule has 1 heterocycles. The molecular weight excluding hydrogens is 282 g/mol. The summed E-state index contributed by atoms with van der Waals surface area (Å²) in [6, 6.07) is 10.2. The summed E-state index contributed by atoms with van der Waals surface area (Å²) in [6.45, 7) is 4.55. The molecule has 21 heavy (non-hydrogen) atoms. The molecule has 0 aliphatic carbocycles. The monoisotopic (exact) mass is 303 g/mol. The summed E-state index contributed by atoms with van der Waals surface area (Å²) in [6.07, 6.45) is 3.54. The van der Waals surface area contributed by atoms with E-state index >= 15 is 0 Å². The summed E-state index contributed by atoms with van der Waals surface area (Å²) in [7, 11) is 0. The Morgan fingerprint density at radius 1 is 1.19 bits per heavy atom. The number of thiazole rings is 1. The van der Waals surface area contributed by atoms with Gasteiger partial charge in [-0.15, -0.1) is 11.3 Å². The highest BCUT2D eigenvalue weighted by atomic mass is 32.1. The molecule has 1 aromatic heterocycles. The topological polar surface area (TPSA) is 54.0 Å². The molecular formula is C16H21N3OS. The fourth-order valence-electron chi connectivity index (χ4n) is 1.92. The summed E-state index contributed by atoms with van der Waals surface area (Å²) in [4.78, 5) is 17.0. The van der Waals surface area contributed by atoms with Gasteiger partial charge in [-0.25, -0.2) is 4.98 Å². The molecule has 2 aromatic rings. The van der Waals surface area contributed by atoms with Gasteiger partial charge in [-0.3, -0.25) is 4.79 Å². The smallest absolute Gasteiger partial charge is 0.263 e. The molecule has 0 aliphatic rings.